The number of carboxylic acid groups (broad SMARTS) is 1. The summed E-state index contributed by atoms with van der Waals surface area (Å²) in [5, 5.41) is 8.85. The molecule has 0 spiro atoms. The second kappa shape index (κ2) is 5.80. The summed E-state index contributed by atoms with van der Waals surface area (Å²) < 4.78 is 31.9. The molecule has 0 amide bonds. The normalized spacial score (nSPS) is 12.2. The van der Waals surface area contributed by atoms with Crippen molar-refractivity contribution < 1.29 is 23.1 Å². The van der Waals surface area contributed by atoms with Gasteiger partial charge in [0.05, 0.1) is 18.4 Å². The molecule has 1 rings (SSSR count). The monoisotopic (exact) mass is 301 g/mol. The highest BCUT2D eigenvalue weighted by molar-refractivity contribution is 7.89. The van der Waals surface area contributed by atoms with Gasteiger partial charge < -0.3 is 9.84 Å². The molecule has 7 heteroatoms. The fourth-order valence-corrected chi connectivity index (χ4v) is 3.15. The van der Waals surface area contributed by atoms with E-state index in [0.717, 1.165) is 0 Å². The second-order valence-corrected chi connectivity index (χ2v) is 7.08. The molecule has 0 aromatic heterocycles. The first-order chi connectivity index (χ1) is 9.05. The van der Waals surface area contributed by atoms with Gasteiger partial charge in [-0.05, 0) is 39.0 Å². The van der Waals surface area contributed by atoms with E-state index in [1.807, 2.05) is 0 Å². The minimum atomic E-state index is -3.70. The van der Waals surface area contributed by atoms with E-state index in [9.17, 15) is 13.2 Å². The lowest BCUT2D eigenvalue weighted by molar-refractivity contribution is -0.136. The molecule has 0 saturated carbocycles. The van der Waals surface area contributed by atoms with Crippen LogP contribution in [-0.4, -0.2) is 32.1 Å². The van der Waals surface area contributed by atoms with Gasteiger partial charge in [0, 0.05) is 11.1 Å². The van der Waals surface area contributed by atoms with E-state index in [-0.39, 0.29) is 11.3 Å². The van der Waals surface area contributed by atoms with Gasteiger partial charge in [-0.25, -0.2) is 13.1 Å². The molecule has 0 fully saturated rings. The number of methoxy groups -OCH3 is 1. The van der Waals surface area contributed by atoms with Crippen molar-refractivity contribution in [1.29, 1.82) is 0 Å². The smallest absolute Gasteiger partial charge is 0.307 e. The van der Waals surface area contributed by atoms with Crippen LogP contribution in [0.25, 0.3) is 0 Å². The van der Waals surface area contributed by atoms with Gasteiger partial charge in [0.15, 0.2) is 0 Å². The molecule has 0 heterocycles. The summed E-state index contributed by atoms with van der Waals surface area (Å²) in [7, 11) is -2.29. The lowest BCUT2D eigenvalue weighted by Crippen LogP contribution is -2.40. The molecule has 20 heavy (non-hydrogen) atoms. The Bertz CT molecular complexity index is 602. The Kier molecular flexibility index (Phi) is 4.77. The number of aliphatic carboxylic acids is 1. The molecule has 6 nitrogen and oxygen atoms in total. The quantitative estimate of drug-likeness (QED) is 0.857. The Morgan fingerprint density at radius 3 is 2.40 bits per heavy atom. The Labute approximate surface area is 118 Å². The van der Waals surface area contributed by atoms with Crippen LogP contribution in [0.5, 0.6) is 5.75 Å². The van der Waals surface area contributed by atoms with Crippen LogP contribution < -0.4 is 9.46 Å². The molecule has 2 N–H and O–H groups in total. The largest absolute Gasteiger partial charge is 0.496 e. The number of benzene rings is 1. The summed E-state index contributed by atoms with van der Waals surface area (Å²) in [6, 6.07) is 4.16. The molecule has 0 aliphatic rings. The second-order valence-electron chi connectivity index (χ2n) is 5.40. The first-order valence-corrected chi connectivity index (χ1v) is 7.46. The van der Waals surface area contributed by atoms with Crippen molar-refractivity contribution in [1.82, 2.24) is 4.72 Å². The molecule has 0 bridgehead atoms. The van der Waals surface area contributed by atoms with Gasteiger partial charge in [-0.15, -0.1) is 0 Å². The number of sulfonamides is 1. The van der Waals surface area contributed by atoms with Crippen molar-refractivity contribution in [3.63, 3.8) is 0 Å². The predicted octanol–water partition coefficient (Wildman–Crippen LogP) is 1.40. The first-order valence-electron chi connectivity index (χ1n) is 5.98. The molecule has 112 valence electrons. The zero-order valence-electron chi connectivity index (χ0n) is 11.9. The van der Waals surface area contributed by atoms with Crippen LogP contribution >= 0.6 is 0 Å². The molecule has 0 saturated heterocycles. The van der Waals surface area contributed by atoms with Gasteiger partial charge in [0.25, 0.3) is 0 Å². The summed E-state index contributed by atoms with van der Waals surface area (Å²) in [6.45, 7) is 5.19. The topological polar surface area (TPSA) is 92.7 Å². The number of rotatable bonds is 5. The van der Waals surface area contributed by atoms with Crippen molar-refractivity contribution in [3.8, 4) is 5.75 Å². The average molecular weight is 301 g/mol. The molecule has 0 radical (unpaired) electrons. The molecule has 1 aromatic rings. The number of ether oxygens (including phenoxy) is 1. The zero-order chi connectivity index (χ0) is 15.6. The fourth-order valence-electron chi connectivity index (χ4n) is 1.69. The molecular formula is C13H19NO5S. The molecule has 0 unspecified atom stereocenters. The van der Waals surface area contributed by atoms with E-state index in [4.69, 9.17) is 9.84 Å². The third kappa shape index (κ3) is 4.50. The fraction of sp³-hybridized carbons (Fsp3) is 0.462. The Morgan fingerprint density at radius 1 is 1.35 bits per heavy atom. The summed E-state index contributed by atoms with van der Waals surface area (Å²) in [5.74, 6) is -0.705. The standard InChI is InChI=1S/C13H19NO5S/c1-13(2,3)14-20(17,18)10-5-6-11(19-4)9(7-10)8-12(15)16/h5-7,14H,8H2,1-4H3,(H,15,16). The van der Waals surface area contributed by atoms with Crippen molar-refractivity contribution in [2.75, 3.05) is 7.11 Å². The van der Waals surface area contributed by atoms with Gasteiger partial charge in [-0.3, -0.25) is 4.79 Å². The maximum atomic E-state index is 12.2. The summed E-state index contributed by atoms with van der Waals surface area (Å²) in [4.78, 5) is 10.8. The van der Waals surface area contributed by atoms with Crippen molar-refractivity contribution in [2.45, 2.75) is 37.6 Å². The number of carboxylic acids is 1. The van der Waals surface area contributed by atoms with Crippen molar-refractivity contribution in [2.24, 2.45) is 0 Å². The Balaban J connectivity index is 3.23. The molecule has 1 aromatic carbocycles. The third-order valence-corrected chi connectivity index (χ3v) is 4.10. The lowest BCUT2D eigenvalue weighted by atomic mass is 10.1. The number of hydrogen-bond acceptors (Lipinski definition) is 4. The average Bonchev–Trinajstić information content (AvgIpc) is 2.24. The molecule has 0 atom stereocenters. The maximum absolute atomic E-state index is 12.2. The highest BCUT2D eigenvalue weighted by atomic mass is 32.2. The predicted molar refractivity (Wildman–Crippen MR) is 74.4 cm³/mol. The summed E-state index contributed by atoms with van der Waals surface area (Å²) in [6.07, 6.45) is -0.304. The first kappa shape index (κ1) is 16.5. The maximum Gasteiger partial charge on any atom is 0.307 e. The summed E-state index contributed by atoms with van der Waals surface area (Å²) in [5.41, 5.74) is -0.303. The minimum absolute atomic E-state index is 0.0180. The highest BCUT2D eigenvalue weighted by Gasteiger charge is 2.23. The van der Waals surface area contributed by atoms with Gasteiger partial charge in [0.2, 0.25) is 10.0 Å². The SMILES string of the molecule is COc1ccc(S(=O)(=O)NC(C)(C)C)cc1CC(=O)O. The van der Waals surface area contributed by atoms with Crippen molar-refractivity contribution in [3.05, 3.63) is 23.8 Å². The highest BCUT2D eigenvalue weighted by Crippen LogP contribution is 2.23. The van der Waals surface area contributed by atoms with Crippen LogP contribution in [0.15, 0.2) is 23.1 Å². The van der Waals surface area contributed by atoms with Crippen LogP contribution in [0.4, 0.5) is 0 Å². The molecule has 0 aliphatic carbocycles. The van der Waals surface area contributed by atoms with Gasteiger partial charge in [0.1, 0.15) is 5.75 Å². The van der Waals surface area contributed by atoms with Crippen LogP contribution in [0.3, 0.4) is 0 Å². The van der Waals surface area contributed by atoms with E-state index in [1.165, 1.54) is 25.3 Å². The van der Waals surface area contributed by atoms with E-state index in [1.54, 1.807) is 20.8 Å². The zero-order valence-corrected chi connectivity index (χ0v) is 12.7. The van der Waals surface area contributed by atoms with Crippen LogP contribution in [0.2, 0.25) is 0 Å². The van der Waals surface area contributed by atoms with E-state index < -0.39 is 21.5 Å². The lowest BCUT2D eigenvalue weighted by Gasteiger charge is -2.20. The minimum Gasteiger partial charge on any atom is -0.496 e. The van der Waals surface area contributed by atoms with E-state index in [0.29, 0.717) is 11.3 Å². The van der Waals surface area contributed by atoms with E-state index in [2.05, 4.69) is 4.72 Å². The Hall–Kier alpha value is -1.60. The molecule has 0 aliphatic heterocycles. The number of hydrogen-bond donors (Lipinski definition) is 2. The molecular weight excluding hydrogens is 282 g/mol. The van der Waals surface area contributed by atoms with Crippen LogP contribution in [0.1, 0.15) is 26.3 Å². The van der Waals surface area contributed by atoms with Crippen LogP contribution in [-0.2, 0) is 21.2 Å². The van der Waals surface area contributed by atoms with Crippen LogP contribution in [0, 0.1) is 0 Å². The van der Waals surface area contributed by atoms with Gasteiger partial charge in [-0.2, -0.15) is 0 Å². The number of carbonyl (C=O) groups is 1. The van der Waals surface area contributed by atoms with Gasteiger partial charge >= 0.3 is 5.97 Å². The summed E-state index contributed by atoms with van der Waals surface area (Å²) >= 11 is 0. The van der Waals surface area contributed by atoms with Gasteiger partial charge in [-0.1, -0.05) is 0 Å². The Morgan fingerprint density at radius 2 is 1.95 bits per heavy atom. The van der Waals surface area contributed by atoms with Crippen molar-refractivity contribution >= 4 is 16.0 Å². The van der Waals surface area contributed by atoms with E-state index >= 15 is 0 Å². The number of nitrogens with one attached hydrogen (secondary N) is 1. The third-order valence-electron chi connectivity index (χ3n) is 2.34.